The molecular formula is C8H10N6. The van der Waals surface area contributed by atoms with Gasteiger partial charge >= 0.3 is 0 Å². The first-order chi connectivity index (χ1) is 6.85. The number of hydrogen-bond donors (Lipinski definition) is 4. The molecule has 72 valence electrons. The molecule has 0 unspecified atom stereocenters. The van der Waals surface area contributed by atoms with E-state index in [0.717, 1.165) is 11.0 Å². The first kappa shape index (κ1) is 8.67. The van der Waals surface area contributed by atoms with E-state index in [0.29, 0.717) is 11.6 Å². The summed E-state index contributed by atoms with van der Waals surface area (Å²) in [5.41, 5.74) is 6.37. The molecule has 1 aromatic carbocycles. The largest absolute Gasteiger partial charge is 0.305 e. The van der Waals surface area contributed by atoms with Crippen LogP contribution in [0.5, 0.6) is 0 Å². The summed E-state index contributed by atoms with van der Waals surface area (Å²) in [6, 6.07) is 7.46. The number of hydrazine groups is 2. The van der Waals surface area contributed by atoms with E-state index in [1.807, 2.05) is 24.3 Å². The van der Waals surface area contributed by atoms with Crippen molar-refractivity contribution in [2.75, 3.05) is 10.9 Å². The number of nitrogens with two attached hydrogens (primary N) is 2. The molecule has 6 N–H and O–H groups in total. The third-order valence-electron chi connectivity index (χ3n) is 1.84. The monoisotopic (exact) mass is 190 g/mol. The second-order valence-electron chi connectivity index (χ2n) is 2.70. The number of nitrogens with zero attached hydrogens (tertiary/aromatic N) is 2. The van der Waals surface area contributed by atoms with E-state index in [1.165, 1.54) is 0 Å². The molecule has 0 bridgehead atoms. The summed E-state index contributed by atoms with van der Waals surface area (Å²) in [4.78, 5) is 8.45. The highest BCUT2D eigenvalue weighted by molar-refractivity contribution is 5.79. The Balaban J connectivity index is 2.69. The molecule has 0 saturated heterocycles. The average molecular weight is 190 g/mol. The van der Waals surface area contributed by atoms with Gasteiger partial charge < -0.3 is 10.9 Å². The van der Waals surface area contributed by atoms with Crippen LogP contribution in [0.2, 0.25) is 0 Å². The van der Waals surface area contributed by atoms with Crippen LogP contribution in [0.15, 0.2) is 24.3 Å². The molecule has 1 heterocycles. The van der Waals surface area contributed by atoms with Crippen LogP contribution in [0.1, 0.15) is 0 Å². The SMILES string of the molecule is NNc1nc2ccccc2nc1NN. The third kappa shape index (κ3) is 1.32. The van der Waals surface area contributed by atoms with Crippen molar-refractivity contribution in [1.29, 1.82) is 0 Å². The van der Waals surface area contributed by atoms with Crippen LogP contribution in [0.25, 0.3) is 11.0 Å². The van der Waals surface area contributed by atoms with E-state index in [1.54, 1.807) is 0 Å². The highest BCUT2D eigenvalue weighted by atomic mass is 15.3. The number of anilines is 2. The van der Waals surface area contributed by atoms with E-state index in [-0.39, 0.29) is 0 Å². The molecule has 0 fully saturated rings. The maximum atomic E-state index is 5.27. The van der Waals surface area contributed by atoms with Crippen molar-refractivity contribution in [3.8, 4) is 0 Å². The minimum Gasteiger partial charge on any atom is -0.305 e. The lowest BCUT2D eigenvalue weighted by atomic mass is 10.3. The summed E-state index contributed by atoms with van der Waals surface area (Å²) < 4.78 is 0. The molecule has 0 aliphatic heterocycles. The summed E-state index contributed by atoms with van der Waals surface area (Å²) in [6.07, 6.45) is 0. The first-order valence-electron chi connectivity index (χ1n) is 4.05. The van der Waals surface area contributed by atoms with Crippen molar-refractivity contribution < 1.29 is 0 Å². The van der Waals surface area contributed by atoms with E-state index in [2.05, 4.69) is 20.8 Å². The van der Waals surface area contributed by atoms with Gasteiger partial charge in [0, 0.05) is 0 Å². The lowest BCUT2D eigenvalue weighted by Gasteiger charge is -2.07. The van der Waals surface area contributed by atoms with Gasteiger partial charge in [-0.15, -0.1) is 0 Å². The number of nitrogens with one attached hydrogen (secondary N) is 2. The van der Waals surface area contributed by atoms with Gasteiger partial charge in [0.1, 0.15) is 0 Å². The molecule has 2 rings (SSSR count). The number of para-hydroxylation sites is 2. The maximum Gasteiger partial charge on any atom is 0.185 e. The minimum atomic E-state index is 0.422. The lowest BCUT2D eigenvalue weighted by Crippen LogP contribution is -2.16. The fourth-order valence-electron chi connectivity index (χ4n) is 1.20. The summed E-state index contributed by atoms with van der Waals surface area (Å²) >= 11 is 0. The van der Waals surface area contributed by atoms with Crippen LogP contribution in [-0.4, -0.2) is 9.97 Å². The van der Waals surface area contributed by atoms with E-state index >= 15 is 0 Å². The standard InChI is InChI=1S/C8H10N6/c9-13-7-8(14-10)12-6-4-2-1-3-5(6)11-7/h1-4H,9-10H2,(H,11,13)(H,12,14). The lowest BCUT2D eigenvalue weighted by molar-refractivity contribution is 1.18. The van der Waals surface area contributed by atoms with Gasteiger partial charge in [-0.1, -0.05) is 12.1 Å². The van der Waals surface area contributed by atoms with E-state index in [4.69, 9.17) is 11.7 Å². The quantitative estimate of drug-likeness (QED) is 0.398. The Hall–Kier alpha value is -1.92. The zero-order valence-corrected chi connectivity index (χ0v) is 7.36. The Morgan fingerprint density at radius 3 is 1.64 bits per heavy atom. The summed E-state index contributed by atoms with van der Waals surface area (Å²) in [7, 11) is 0. The van der Waals surface area contributed by atoms with Gasteiger partial charge in [0.15, 0.2) is 11.6 Å². The van der Waals surface area contributed by atoms with Crippen LogP contribution >= 0.6 is 0 Å². The van der Waals surface area contributed by atoms with Crippen molar-refractivity contribution in [2.24, 2.45) is 11.7 Å². The number of aromatic nitrogens is 2. The maximum absolute atomic E-state index is 5.27. The zero-order valence-electron chi connectivity index (χ0n) is 7.36. The number of benzene rings is 1. The molecule has 1 aromatic heterocycles. The van der Waals surface area contributed by atoms with E-state index < -0.39 is 0 Å². The Morgan fingerprint density at radius 1 is 0.857 bits per heavy atom. The normalized spacial score (nSPS) is 10.1. The number of nitrogen functional groups attached to an aromatic ring is 2. The Morgan fingerprint density at radius 2 is 1.29 bits per heavy atom. The van der Waals surface area contributed by atoms with Crippen molar-refractivity contribution in [3.05, 3.63) is 24.3 Å². The van der Waals surface area contributed by atoms with Crippen LogP contribution in [0, 0.1) is 0 Å². The smallest absolute Gasteiger partial charge is 0.185 e. The van der Waals surface area contributed by atoms with Crippen LogP contribution < -0.4 is 22.5 Å². The molecule has 6 nitrogen and oxygen atoms in total. The highest BCUT2D eigenvalue weighted by Gasteiger charge is 2.04. The number of hydrogen-bond acceptors (Lipinski definition) is 6. The van der Waals surface area contributed by atoms with Gasteiger partial charge in [-0.25, -0.2) is 21.7 Å². The Kier molecular flexibility index (Phi) is 2.13. The van der Waals surface area contributed by atoms with Gasteiger partial charge in [0.25, 0.3) is 0 Å². The highest BCUT2D eigenvalue weighted by Crippen LogP contribution is 2.18. The molecule has 0 amide bonds. The first-order valence-corrected chi connectivity index (χ1v) is 4.05. The molecule has 0 spiro atoms. The molecule has 0 atom stereocenters. The Bertz CT molecular complexity index is 412. The van der Waals surface area contributed by atoms with Crippen LogP contribution in [0.3, 0.4) is 0 Å². The average Bonchev–Trinajstić information content (AvgIpc) is 2.27. The minimum absolute atomic E-state index is 0.422. The second-order valence-corrected chi connectivity index (χ2v) is 2.70. The Labute approximate surface area is 80.3 Å². The van der Waals surface area contributed by atoms with Gasteiger partial charge in [0.2, 0.25) is 0 Å². The van der Waals surface area contributed by atoms with Gasteiger partial charge in [-0.3, -0.25) is 0 Å². The van der Waals surface area contributed by atoms with Crippen molar-refractivity contribution >= 4 is 22.7 Å². The van der Waals surface area contributed by atoms with E-state index in [9.17, 15) is 0 Å². The van der Waals surface area contributed by atoms with Gasteiger partial charge in [-0.05, 0) is 12.1 Å². The van der Waals surface area contributed by atoms with Crippen molar-refractivity contribution in [3.63, 3.8) is 0 Å². The molecule has 6 heteroatoms. The molecular weight excluding hydrogens is 180 g/mol. The predicted octanol–water partition coefficient (Wildman–Crippen LogP) is 0.201. The van der Waals surface area contributed by atoms with Gasteiger partial charge in [0.05, 0.1) is 11.0 Å². The van der Waals surface area contributed by atoms with Crippen molar-refractivity contribution in [2.45, 2.75) is 0 Å². The molecule has 0 aliphatic carbocycles. The molecule has 14 heavy (non-hydrogen) atoms. The topological polar surface area (TPSA) is 102 Å². The van der Waals surface area contributed by atoms with Crippen LogP contribution in [-0.2, 0) is 0 Å². The predicted molar refractivity (Wildman–Crippen MR) is 55.2 cm³/mol. The molecule has 0 radical (unpaired) electrons. The molecule has 2 aromatic rings. The summed E-state index contributed by atoms with van der Waals surface area (Å²) in [6.45, 7) is 0. The molecule has 0 saturated carbocycles. The van der Waals surface area contributed by atoms with Crippen LogP contribution in [0.4, 0.5) is 11.6 Å². The van der Waals surface area contributed by atoms with Gasteiger partial charge in [-0.2, -0.15) is 0 Å². The fourth-order valence-corrected chi connectivity index (χ4v) is 1.20. The summed E-state index contributed by atoms with van der Waals surface area (Å²) in [5, 5.41) is 0. The third-order valence-corrected chi connectivity index (χ3v) is 1.84. The number of fused-ring (bicyclic) bond motifs is 1. The number of rotatable bonds is 2. The van der Waals surface area contributed by atoms with Crippen molar-refractivity contribution in [1.82, 2.24) is 9.97 Å². The fraction of sp³-hybridized carbons (Fsp3) is 0. The second kappa shape index (κ2) is 3.44. The summed E-state index contributed by atoms with van der Waals surface area (Å²) in [5.74, 6) is 11.4. The molecule has 0 aliphatic rings. The zero-order chi connectivity index (χ0) is 9.97.